The number of esters is 2. The van der Waals surface area contributed by atoms with E-state index in [1.54, 1.807) is 0 Å². The van der Waals surface area contributed by atoms with Crippen molar-refractivity contribution in [2.75, 3.05) is 5.32 Å². The number of nitro benzene ring substituents is 1. The summed E-state index contributed by atoms with van der Waals surface area (Å²) in [6.07, 6.45) is 0.871. The van der Waals surface area contributed by atoms with Crippen molar-refractivity contribution in [2.45, 2.75) is 19.6 Å². The quantitative estimate of drug-likeness (QED) is 0.278. The predicted molar refractivity (Wildman–Crippen MR) is 78.7 cm³/mol. The highest BCUT2D eigenvalue weighted by Gasteiger charge is 2.39. The van der Waals surface area contributed by atoms with Crippen LogP contribution >= 0.6 is 15.9 Å². The number of cyclic esters (lactones) is 2. The third-order valence-corrected chi connectivity index (χ3v) is 3.33. The summed E-state index contributed by atoms with van der Waals surface area (Å²) in [5.41, 5.74) is -1.19. The number of carbonyl (C=O) groups excluding carboxylic acids is 2. The van der Waals surface area contributed by atoms with Crippen molar-refractivity contribution >= 4 is 39.2 Å². The van der Waals surface area contributed by atoms with Crippen LogP contribution < -0.4 is 5.32 Å². The molecule has 8 nitrogen and oxygen atoms in total. The van der Waals surface area contributed by atoms with Crippen LogP contribution in [0.4, 0.5) is 15.8 Å². The summed E-state index contributed by atoms with van der Waals surface area (Å²) in [5.74, 6) is -4.08. The minimum absolute atomic E-state index is 0.0966. The van der Waals surface area contributed by atoms with Gasteiger partial charge in [0, 0.05) is 32.2 Å². The normalized spacial score (nSPS) is 16.4. The second-order valence-corrected chi connectivity index (χ2v) is 5.78. The van der Waals surface area contributed by atoms with Gasteiger partial charge in [0.25, 0.3) is 11.5 Å². The smallest absolute Gasteiger partial charge is 0.350 e. The molecule has 122 valence electrons. The molecule has 1 aliphatic rings. The summed E-state index contributed by atoms with van der Waals surface area (Å²) in [4.78, 5) is 33.7. The Balaban J connectivity index is 2.33. The molecule has 23 heavy (non-hydrogen) atoms. The fourth-order valence-corrected chi connectivity index (χ4v) is 2.06. The predicted octanol–water partition coefficient (Wildman–Crippen LogP) is 2.63. The molecule has 10 heteroatoms. The Bertz CT molecular complexity index is 724. The summed E-state index contributed by atoms with van der Waals surface area (Å²) < 4.78 is 23.2. The number of hydrogen-bond acceptors (Lipinski definition) is 7. The molecule has 1 aliphatic heterocycles. The number of nitrogens with one attached hydrogen (secondary N) is 1. The molecular weight excluding hydrogens is 379 g/mol. The molecule has 1 fully saturated rings. The van der Waals surface area contributed by atoms with Gasteiger partial charge in [-0.15, -0.1) is 0 Å². The van der Waals surface area contributed by atoms with E-state index < -0.39 is 39.7 Å². The van der Waals surface area contributed by atoms with Crippen molar-refractivity contribution in [3.8, 4) is 0 Å². The van der Waals surface area contributed by atoms with Crippen LogP contribution in [0.15, 0.2) is 28.4 Å². The number of nitrogens with zero attached hydrogens (tertiary/aromatic N) is 1. The summed E-state index contributed by atoms with van der Waals surface area (Å²) in [6.45, 7) is 2.75. The van der Waals surface area contributed by atoms with E-state index in [2.05, 4.69) is 21.2 Å². The fraction of sp³-hybridized carbons (Fsp3) is 0.231. The molecule has 0 radical (unpaired) electrons. The first-order valence-electron chi connectivity index (χ1n) is 6.17. The topological polar surface area (TPSA) is 108 Å². The van der Waals surface area contributed by atoms with E-state index in [0.717, 1.165) is 18.3 Å². The zero-order valence-electron chi connectivity index (χ0n) is 11.9. The first kappa shape index (κ1) is 16.9. The molecule has 0 aromatic heterocycles. The zero-order chi connectivity index (χ0) is 17.4. The monoisotopic (exact) mass is 388 g/mol. The van der Waals surface area contributed by atoms with Crippen molar-refractivity contribution < 1.29 is 28.4 Å². The lowest BCUT2D eigenvalue weighted by molar-refractivity contribution is -0.384. The highest BCUT2D eigenvalue weighted by Crippen LogP contribution is 2.31. The van der Waals surface area contributed by atoms with Gasteiger partial charge in [-0.3, -0.25) is 10.1 Å². The lowest BCUT2D eigenvalue weighted by Crippen LogP contribution is -2.42. The lowest BCUT2D eigenvalue weighted by atomic mass is 10.2. The second kappa shape index (κ2) is 5.95. The van der Waals surface area contributed by atoms with Gasteiger partial charge in [0.15, 0.2) is 5.57 Å². The van der Waals surface area contributed by atoms with E-state index in [1.165, 1.54) is 13.8 Å². The molecule has 0 unspecified atom stereocenters. The molecule has 1 aromatic carbocycles. The summed E-state index contributed by atoms with van der Waals surface area (Å²) >= 11 is 2.84. The van der Waals surface area contributed by atoms with Gasteiger partial charge in [0.05, 0.1) is 9.40 Å². The van der Waals surface area contributed by atoms with Gasteiger partial charge in [-0.1, -0.05) is 0 Å². The molecule has 1 saturated heterocycles. The van der Waals surface area contributed by atoms with Crippen LogP contribution in [0.1, 0.15) is 13.8 Å². The Kier molecular flexibility index (Phi) is 4.37. The molecular formula is C13H10BrFN2O6. The van der Waals surface area contributed by atoms with E-state index in [9.17, 15) is 24.1 Å². The molecule has 1 N–H and O–H groups in total. The fourth-order valence-electron chi connectivity index (χ4n) is 1.73. The number of ether oxygens (including phenoxy) is 2. The molecule has 0 aliphatic carbocycles. The first-order valence-corrected chi connectivity index (χ1v) is 6.97. The Labute approximate surface area is 137 Å². The molecule has 0 amide bonds. The Morgan fingerprint density at radius 1 is 1.30 bits per heavy atom. The SMILES string of the molecule is CC1(C)OC(=O)C(=CNc2cc(F)c(Br)cc2[N+](=O)[O-])C(=O)O1. The van der Waals surface area contributed by atoms with Gasteiger partial charge in [-0.2, -0.15) is 0 Å². The van der Waals surface area contributed by atoms with Crippen LogP contribution in [0.5, 0.6) is 0 Å². The van der Waals surface area contributed by atoms with Gasteiger partial charge < -0.3 is 14.8 Å². The second-order valence-electron chi connectivity index (χ2n) is 4.92. The lowest BCUT2D eigenvalue weighted by Gasteiger charge is -2.29. The number of carbonyl (C=O) groups is 2. The highest BCUT2D eigenvalue weighted by atomic mass is 79.9. The third kappa shape index (κ3) is 3.65. The van der Waals surface area contributed by atoms with Crippen LogP contribution in [0.3, 0.4) is 0 Å². The minimum Gasteiger partial charge on any atom is -0.419 e. The van der Waals surface area contributed by atoms with E-state index in [1.807, 2.05) is 0 Å². The summed E-state index contributed by atoms with van der Waals surface area (Å²) in [5, 5.41) is 13.3. The Morgan fingerprint density at radius 2 is 1.87 bits per heavy atom. The number of halogens is 2. The minimum atomic E-state index is -1.40. The third-order valence-electron chi connectivity index (χ3n) is 2.72. The van der Waals surface area contributed by atoms with Crippen molar-refractivity contribution in [2.24, 2.45) is 0 Å². The van der Waals surface area contributed by atoms with Crippen molar-refractivity contribution in [1.29, 1.82) is 0 Å². The first-order chi connectivity index (χ1) is 10.6. The van der Waals surface area contributed by atoms with E-state index in [0.29, 0.717) is 0 Å². The summed E-state index contributed by atoms with van der Waals surface area (Å²) in [7, 11) is 0. The molecule has 1 aromatic rings. The van der Waals surface area contributed by atoms with Gasteiger partial charge >= 0.3 is 11.9 Å². The van der Waals surface area contributed by atoms with Gasteiger partial charge in [0.2, 0.25) is 0 Å². The standard InChI is InChI=1S/C13H10BrFN2O6/c1-13(2)22-11(18)6(12(19)23-13)5-16-9-4-8(15)7(14)3-10(9)17(20)21/h3-5,16H,1-2H3. The van der Waals surface area contributed by atoms with Crippen molar-refractivity contribution in [3.63, 3.8) is 0 Å². The van der Waals surface area contributed by atoms with Gasteiger partial charge in [-0.25, -0.2) is 14.0 Å². The van der Waals surface area contributed by atoms with Crippen molar-refractivity contribution in [1.82, 2.24) is 0 Å². The number of hydrogen-bond donors (Lipinski definition) is 1. The number of benzene rings is 1. The van der Waals surface area contributed by atoms with Crippen LogP contribution in [-0.4, -0.2) is 22.6 Å². The van der Waals surface area contributed by atoms with Crippen LogP contribution in [0.2, 0.25) is 0 Å². The van der Waals surface area contributed by atoms with Gasteiger partial charge in [-0.05, 0) is 15.9 Å². The summed E-state index contributed by atoms with van der Waals surface area (Å²) in [6, 6.07) is 1.81. The number of anilines is 1. The van der Waals surface area contributed by atoms with Crippen LogP contribution in [0, 0.1) is 15.9 Å². The average Bonchev–Trinajstić information content (AvgIpc) is 2.39. The van der Waals surface area contributed by atoms with E-state index >= 15 is 0 Å². The average molecular weight is 389 g/mol. The van der Waals surface area contributed by atoms with Crippen molar-refractivity contribution in [3.05, 3.63) is 44.3 Å². The Morgan fingerprint density at radius 3 is 2.39 bits per heavy atom. The molecule has 2 rings (SSSR count). The number of rotatable bonds is 3. The maximum Gasteiger partial charge on any atom is 0.350 e. The van der Waals surface area contributed by atoms with E-state index in [4.69, 9.17) is 9.47 Å². The van der Waals surface area contributed by atoms with Crippen LogP contribution in [0.25, 0.3) is 0 Å². The Hall–Kier alpha value is -2.49. The maximum atomic E-state index is 13.5. The molecule has 0 bridgehead atoms. The van der Waals surface area contributed by atoms with E-state index in [-0.39, 0.29) is 10.2 Å². The molecule has 0 spiro atoms. The largest absolute Gasteiger partial charge is 0.419 e. The zero-order valence-corrected chi connectivity index (χ0v) is 13.5. The highest BCUT2D eigenvalue weighted by molar-refractivity contribution is 9.10. The van der Waals surface area contributed by atoms with Crippen LogP contribution in [-0.2, 0) is 19.1 Å². The number of nitro groups is 1. The molecule has 1 heterocycles. The molecule has 0 atom stereocenters. The molecule has 0 saturated carbocycles. The van der Waals surface area contributed by atoms with Gasteiger partial charge in [0.1, 0.15) is 11.5 Å². The maximum absolute atomic E-state index is 13.5.